The molecular weight excluding hydrogens is 292 g/mol. The van der Waals surface area contributed by atoms with E-state index in [1.54, 1.807) is 15.6 Å². The van der Waals surface area contributed by atoms with E-state index in [0.717, 1.165) is 29.8 Å². The first-order chi connectivity index (χ1) is 11.0. The summed E-state index contributed by atoms with van der Waals surface area (Å²) in [5, 5.41) is 6.96. The average Bonchev–Trinajstić information content (AvgIpc) is 2.74. The van der Waals surface area contributed by atoms with Crippen molar-refractivity contribution in [1.29, 1.82) is 0 Å². The Morgan fingerprint density at radius 2 is 2.09 bits per heavy atom. The summed E-state index contributed by atoms with van der Waals surface area (Å²) in [6.45, 7) is 1.92. The Labute approximate surface area is 135 Å². The van der Waals surface area contributed by atoms with Crippen molar-refractivity contribution in [2.45, 2.75) is 26.2 Å². The summed E-state index contributed by atoms with van der Waals surface area (Å²) in [5.74, 6) is 0.251. The molecule has 1 aliphatic heterocycles. The van der Waals surface area contributed by atoms with Gasteiger partial charge in [0.2, 0.25) is 11.8 Å². The fourth-order valence-corrected chi connectivity index (χ4v) is 2.81. The van der Waals surface area contributed by atoms with Gasteiger partial charge in [0.25, 0.3) is 0 Å². The molecule has 0 fully saturated rings. The van der Waals surface area contributed by atoms with Gasteiger partial charge in [-0.25, -0.2) is 0 Å². The lowest BCUT2D eigenvalue weighted by molar-refractivity contribution is -0.121. The predicted octanol–water partition coefficient (Wildman–Crippen LogP) is 2.04. The summed E-state index contributed by atoms with van der Waals surface area (Å²) >= 11 is 0. The lowest BCUT2D eigenvalue weighted by atomic mass is 10.1. The highest BCUT2D eigenvalue weighted by molar-refractivity contribution is 6.03. The largest absolute Gasteiger partial charge is 0.308 e. The zero-order valence-corrected chi connectivity index (χ0v) is 13.4. The number of para-hydroxylation sites is 1. The number of hydrogen-bond acceptors (Lipinski definition) is 3. The highest BCUT2D eigenvalue weighted by Crippen LogP contribution is 2.26. The second-order valence-corrected chi connectivity index (χ2v) is 5.80. The minimum Gasteiger partial charge on any atom is -0.308 e. The topological polar surface area (TPSA) is 67.2 Å². The molecule has 3 rings (SSSR count). The molecule has 0 aliphatic carbocycles. The molecule has 0 saturated carbocycles. The van der Waals surface area contributed by atoms with Crippen molar-refractivity contribution in [3.8, 4) is 0 Å². The normalized spacial score (nSPS) is 14.3. The highest BCUT2D eigenvalue weighted by Gasteiger charge is 2.24. The third-order valence-corrected chi connectivity index (χ3v) is 4.10. The van der Waals surface area contributed by atoms with E-state index >= 15 is 0 Å². The van der Waals surface area contributed by atoms with Crippen molar-refractivity contribution in [1.82, 2.24) is 9.78 Å². The van der Waals surface area contributed by atoms with Crippen LogP contribution < -0.4 is 10.2 Å². The standard InChI is InChI=1S/C17H20N4O2/c1-12-10-15(19-20(12)2)18-16(22)11-21-14-8-4-3-6-13(14)7-5-9-17(21)23/h3-4,6,8,10H,5,7,9,11H2,1-2H3,(H,18,19,22). The van der Waals surface area contributed by atoms with E-state index in [2.05, 4.69) is 10.4 Å². The molecule has 1 N–H and O–H groups in total. The summed E-state index contributed by atoms with van der Waals surface area (Å²) in [4.78, 5) is 26.2. The van der Waals surface area contributed by atoms with Crippen LogP contribution in [0.5, 0.6) is 0 Å². The number of fused-ring (bicyclic) bond motifs is 1. The summed E-state index contributed by atoms with van der Waals surface area (Å²) in [7, 11) is 1.82. The molecule has 1 aromatic heterocycles. The molecule has 0 unspecified atom stereocenters. The first kappa shape index (κ1) is 15.3. The molecule has 2 amide bonds. The Hall–Kier alpha value is -2.63. The first-order valence-corrected chi connectivity index (χ1v) is 7.73. The molecule has 2 aromatic rings. The molecule has 0 radical (unpaired) electrons. The maximum atomic E-state index is 12.3. The van der Waals surface area contributed by atoms with Crippen LogP contribution in [0.25, 0.3) is 0 Å². The molecule has 23 heavy (non-hydrogen) atoms. The van der Waals surface area contributed by atoms with Crippen LogP contribution >= 0.6 is 0 Å². The molecule has 0 saturated heterocycles. The lowest BCUT2D eigenvalue weighted by Crippen LogP contribution is -2.37. The van der Waals surface area contributed by atoms with E-state index in [1.165, 1.54) is 0 Å². The van der Waals surface area contributed by atoms with Crippen molar-refractivity contribution in [2.24, 2.45) is 7.05 Å². The molecule has 120 valence electrons. The van der Waals surface area contributed by atoms with Crippen LogP contribution in [0.1, 0.15) is 24.1 Å². The van der Waals surface area contributed by atoms with Crippen molar-refractivity contribution in [3.63, 3.8) is 0 Å². The predicted molar refractivity (Wildman–Crippen MR) is 88.3 cm³/mol. The zero-order chi connectivity index (χ0) is 16.4. The molecule has 6 nitrogen and oxygen atoms in total. The van der Waals surface area contributed by atoms with Crippen molar-refractivity contribution < 1.29 is 9.59 Å². The quantitative estimate of drug-likeness (QED) is 0.943. The van der Waals surface area contributed by atoms with Gasteiger partial charge >= 0.3 is 0 Å². The highest BCUT2D eigenvalue weighted by atomic mass is 16.2. The van der Waals surface area contributed by atoms with Crippen LogP contribution in [0.4, 0.5) is 11.5 Å². The van der Waals surface area contributed by atoms with Gasteiger partial charge in [-0.2, -0.15) is 5.10 Å². The summed E-state index contributed by atoms with van der Waals surface area (Å²) in [5.41, 5.74) is 2.90. The van der Waals surface area contributed by atoms with Crippen molar-refractivity contribution >= 4 is 23.3 Å². The van der Waals surface area contributed by atoms with Crippen molar-refractivity contribution in [2.75, 3.05) is 16.8 Å². The molecule has 1 aliphatic rings. The maximum absolute atomic E-state index is 12.3. The molecule has 0 atom stereocenters. The maximum Gasteiger partial charge on any atom is 0.245 e. The number of nitrogens with zero attached hydrogens (tertiary/aromatic N) is 3. The molecule has 0 bridgehead atoms. The van der Waals surface area contributed by atoms with Gasteiger partial charge in [0.15, 0.2) is 5.82 Å². The Morgan fingerprint density at radius 3 is 2.83 bits per heavy atom. The number of aryl methyl sites for hydroxylation is 3. The van der Waals surface area contributed by atoms with E-state index in [0.29, 0.717) is 12.2 Å². The van der Waals surface area contributed by atoms with Crippen molar-refractivity contribution in [3.05, 3.63) is 41.6 Å². The summed E-state index contributed by atoms with van der Waals surface area (Å²) < 4.78 is 1.70. The number of carbonyl (C=O) groups excluding carboxylic acids is 2. The van der Waals surface area contributed by atoms with Crippen LogP contribution in [0.2, 0.25) is 0 Å². The summed E-state index contributed by atoms with van der Waals surface area (Å²) in [6, 6.07) is 9.57. The Balaban J connectivity index is 1.77. The van der Waals surface area contributed by atoms with Crippen LogP contribution in [-0.2, 0) is 23.1 Å². The fourth-order valence-electron chi connectivity index (χ4n) is 2.81. The molecule has 1 aromatic carbocycles. The smallest absolute Gasteiger partial charge is 0.245 e. The Morgan fingerprint density at radius 1 is 1.30 bits per heavy atom. The molecule has 6 heteroatoms. The van der Waals surface area contributed by atoms with Gasteiger partial charge in [-0.15, -0.1) is 0 Å². The number of nitrogens with one attached hydrogen (secondary N) is 1. The van der Waals surface area contributed by atoms with Crippen LogP contribution in [0.15, 0.2) is 30.3 Å². The minimum absolute atomic E-state index is 0.00543. The van der Waals surface area contributed by atoms with Gasteiger partial charge < -0.3 is 10.2 Å². The number of anilines is 2. The van der Waals surface area contributed by atoms with Crippen LogP contribution in [0, 0.1) is 6.92 Å². The Bertz CT molecular complexity index is 731. The zero-order valence-electron chi connectivity index (χ0n) is 13.4. The van der Waals surface area contributed by atoms with Gasteiger partial charge in [-0.3, -0.25) is 14.3 Å². The molecular formula is C17H20N4O2. The average molecular weight is 312 g/mol. The van der Waals surface area contributed by atoms with Gasteiger partial charge in [-0.1, -0.05) is 18.2 Å². The van der Waals surface area contributed by atoms with E-state index in [1.807, 2.05) is 38.2 Å². The van der Waals surface area contributed by atoms with E-state index < -0.39 is 0 Å². The second kappa shape index (κ2) is 6.24. The third-order valence-electron chi connectivity index (χ3n) is 4.10. The van der Waals surface area contributed by atoms with Gasteiger partial charge in [0.05, 0.1) is 0 Å². The Kier molecular flexibility index (Phi) is 4.14. The second-order valence-electron chi connectivity index (χ2n) is 5.80. The van der Waals surface area contributed by atoms with E-state index in [9.17, 15) is 9.59 Å². The fraction of sp³-hybridized carbons (Fsp3) is 0.353. The number of rotatable bonds is 3. The van der Waals surface area contributed by atoms with Gasteiger partial charge in [0.1, 0.15) is 6.54 Å². The molecule has 2 heterocycles. The number of benzene rings is 1. The SMILES string of the molecule is Cc1cc(NC(=O)CN2C(=O)CCCc3ccccc32)nn1C. The van der Waals surface area contributed by atoms with Crippen LogP contribution in [0.3, 0.4) is 0 Å². The minimum atomic E-state index is -0.242. The third kappa shape index (κ3) is 3.26. The first-order valence-electron chi connectivity index (χ1n) is 7.73. The van der Waals surface area contributed by atoms with Crippen LogP contribution in [-0.4, -0.2) is 28.1 Å². The lowest BCUT2D eigenvalue weighted by Gasteiger charge is -2.22. The monoisotopic (exact) mass is 312 g/mol. The number of aromatic nitrogens is 2. The number of carbonyl (C=O) groups is 2. The van der Waals surface area contributed by atoms with E-state index in [4.69, 9.17) is 0 Å². The molecule has 0 spiro atoms. The number of amides is 2. The van der Waals surface area contributed by atoms with E-state index in [-0.39, 0.29) is 18.4 Å². The summed E-state index contributed by atoms with van der Waals surface area (Å²) in [6.07, 6.45) is 2.14. The number of hydrogen-bond donors (Lipinski definition) is 1. The van der Waals surface area contributed by atoms with Gasteiger partial charge in [0, 0.05) is 30.9 Å². The van der Waals surface area contributed by atoms with Gasteiger partial charge in [-0.05, 0) is 31.4 Å².